The summed E-state index contributed by atoms with van der Waals surface area (Å²) in [5.74, 6) is 0. The minimum absolute atomic E-state index is 0.833. The Kier molecular flexibility index (Phi) is 41.8. The summed E-state index contributed by atoms with van der Waals surface area (Å²) in [7, 11) is 0. The topological polar surface area (TPSA) is 54.6 Å². The predicted octanol–water partition coefficient (Wildman–Crippen LogP) is 12.8. The van der Waals surface area contributed by atoms with Crippen molar-refractivity contribution in [1.29, 1.82) is 0 Å². The fourth-order valence-electron chi connectivity index (χ4n) is 8.12. The molecule has 4 N–H and O–H groups in total. The first-order valence-corrected chi connectivity index (χ1v) is 26.0. The van der Waals surface area contributed by atoms with Gasteiger partial charge in [0.25, 0.3) is 0 Å². The molecule has 0 spiro atoms. The second kappa shape index (κ2) is 43.9. The van der Waals surface area contributed by atoms with E-state index in [2.05, 4.69) is 44.9 Å². The summed E-state index contributed by atoms with van der Waals surface area (Å²) in [4.78, 5) is 5.22. The van der Waals surface area contributed by atoms with Gasteiger partial charge in [-0.25, -0.2) is 0 Å². The van der Waals surface area contributed by atoms with Crippen LogP contribution in [0.3, 0.4) is 0 Å². The number of nitrogens with one attached hydrogen (secondary N) is 4. The van der Waals surface area contributed by atoms with Crippen molar-refractivity contribution in [3.05, 3.63) is 0 Å². The van der Waals surface area contributed by atoms with Crippen LogP contribution in [0.5, 0.6) is 0 Å². The average Bonchev–Trinajstić information content (AvgIpc) is 3.21. The van der Waals surface area contributed by atoms with E-state index in [1.54, 1.807) is 0 Å². The zero-order valence-electron chi connectivity index (χ0n) is 37.8. The lowest BCUT2D eigenvalue weighted by Crippen LogP contribution is -2.47. The number of hydrogen-bond donors (Lipinski definition) is 4. The lowest BCUT2D eigenvalue weighted by Gasteiger charge is -2.34. The fraction of sp³-hybridized carbons (Fsp3) is 0.958. The lowest BCUT2D eigenvalue weighted by molar-refractivity contribution is 0.131. The van der Waals surface area contributed by atoms with Crippen molar-refractivity contribution in [2.45, 2.75) is 232 Å². The van der Waals surface area contributed by atoms with Crippen molar-refractivity contribution >= 4 is 34.7 Å². The van der Waals surface area contributed by atoms with E-state index in [1.165, 1.54) is 232 Å². The third kappa shape index (κ3) is 38.8. The standard InChI is InChI=1S/C48H98N6S2/c1-3-5-7-9-11-13-15-17-19-21-23-25-27-29-31-33-37-49-47(55)51-39-35-41-53-43-45-54(46-44-53)42-36-40-52-48(56)50-38-34-32-30-28-26-24-22-20-18-16-14-12-10-8-6-4-2/h3-46H2,1-2H3,(H2,49,51,55)(H2,50,52,56). The van der Waals surface area contributed by atoms with Crippen molar-refractivity contribution in [3.8, 4) is 0 Å². The Hall–Kier alpha value is -0.700. The first-order valence-electron chi connectivity index (χ1n) is 25.1. The SMILES string of the molecule is CCCCCCCCCCCCCCCCCCNC(=S)NCCCN1CCN(CCCNC(=S)NCCCCCCCCCCCCCCCCCC)CC1. The van der Waals surface area contributed by atoms with Gasteiger partial charge in [-0.3, -0.25) is 0 Å². The summed E-state index contributed by atoms with van der Waals surface area (Å²) >= 11 is 11.1. The van der Waals surface area contributed by atoms with Gasteiger partial charge in [-0.15, -0.1) is 0 Å². The van der Waals surface area contributed by atoms with E-state index >= 15 is 0 Å². The zero-order valence-corrected chi connectivity index (χ0v) is 39.5. The molecule has 1 heterocycles. The lowest BCUT2D eigenvalue weighted by atomic mass is 10.0. The minimum Gasteiger partial charge on any atom is -0.363 e. The third-order valence-corrected chi connectivity index (χ3v) is 12.5. The van der Waals surface area contributed by atoms with Crippen molar-refractivity contribution in [2.75, 3.05) is 65.4 Å². The molecule has 1 fully saturated rings. The van der Waals surface area contributed by atoms with Gasteiger partial charge in [-0.2, -0.15) is 0 Å². The highest BCUT2D eigenvalue weighted by Crippen LogP contribution is 2.15. The molecule has 1 saturated heterocycles. The number of piperazine rings is 1. The van der Waals surface area contributed by atoms with E-state index < -0.39 is 0 Å². The van der Waals surface area contributed by atoms with Crippen molar-refractivity contribution in [1.82, 2.24) is 31.1 Å². The molecule has 0 radical (unpaired) electrons. The van der Waals surface area contributed by atoms with Crippen LogP contribution in [-0.4, -0.2) is 85.5 Å². The van der Waals surface area contributed by atoms with E-state index in [0.717, 1.165) is 62.3 Å². The largest absolute Gasteiger partial charge is 0.363 e. The fourth-order valence-corrected chi connectivity index (χ4v) is 8.53. The monoisotopic (exact) mass is 823 g/mol. The van der Waals surface area contributed by atoms with E-state index in [9.17, 15) is 0 Å². The Morgan fingerprint density at radius 1 is 0.304 bits per heavy atom. The number of rotatable bonds is 42. The molecule has 6 nitrogen and oxygen atoms in total. The van der Waals surface area contributed by atoms with Crippen molar-refractivity contribution < 1.29 is 0 Å². The van der Waals surface area contributed by atoms with Crippen LogP contribution in [0.2, 0.25) is 0 Å². The highest BCUT2D eigenvalue weighted by Gasteiger charge is 2.16. The molecule has 0 atom stereocenters. The van der Waals surface area contributed by atoms with Gasteiger partial charge >= 0.3 is 0 Å². The molecule has 1 aliphatic heterocycles. The normalized spacial score (nSPS) is 13.6. The van der Waals surface area contributed by atoms with Crippen molar-refractivity contribution in [2.24, 2.45) is 0 Å². The second-order valence-electron chi connectivity index (χ2n) is 17.4. The van der Waals surface area contributed by atoms with Crippen LogP contribution >= 0.6 is 24.4 Å². The van der Waals surface area contributed by atoms with Gasteiger partial charge in [0.15, 0.2) is 10.2 Å². The number of hydrogen-bond acceptors (Lipinski definition) is 4. The highest BCUT2D eigenvalue weighted by molar-refractivity contribution is 7.80. The minimum atomic E-state index is 0.833. The molecule has 0 unspecified atom stereocenters. The van der Waals surface area contributed by atoms with E-state index in [-0.39, 0.29) is 0 Å². The van der Waals surface area contributed by atoms with E-state index in [1.807, 2.05) is 0 Å². The van der Waals surface area contributed by atoms with Crippen molar-refractivity contribution in [3.63, 3.8) is 0 Å². The highest BCUT2D eigenvalue weighted by atomic mass is 32.1. The van der Waals surface area contributed by atoms with Crippen LogP contribution in [0.25, 0.3) is 0 Å². The van der Waals surface area contributed by atoms with Crippen LogP contribution in [0.4, 0.5) is 0 Å². The molecule has 0 bridgehead atoms. The maximum absolute atomic E-state index is 5.53. The Labute approximate surface area is 361 Å². The average molecular weight is 823 g/mol. The van der Waals surface area contributed by atoms with Crippen LogP contribution in [0.15, 0.2) is 0 Å². The summed E-state index contributed by atoms with van der Waals surface area (Å²) in [5.41, 5.74) is 0. The molecule has 1 rings (SSSR count). The smallest absolute Gasteiger partial charge is 0.166 e. The van der Waals surface area contributed by atoms with Gasteiger partial charge in [0.05, 0.1) is 0 Å². The molecule has 56 heavy (non-hydrogen) atoms. The molecule has 0 saturated carbocycles. The van der Waals surface area contributed by atoms with Crippen LogP contribution in [0, 0.1) is 0 Å². The number of nitrogens with zero attached hydrogens (tertiary/aromatic N) is 2. The number of unbranched alkanes of at least 4 members (excludes halogenated alkanes) is 30. The molecular weight excluding hydrogens is 725 g/mol. The Morgan fingerprint density at radius 3 is 0.732 bits per heavy atom. The van der Waals surface area contributed by atoms with Gasteiger partial charge in [0.1, 0.15) is 0 Å². The molecule has 0 amide bonds. The first-order chi connectivity index (χ1) is 27.7. The van der Waals surface area contributed by atoms with E-state index in [0.29, 0.717) is 0 Å². The molecule has 0 aromatic carbocycles. The predicted molar refractivity (Wildman–Crippen MR) is 258 cm³/mol. The van der Waals surface area contributed by atoms with Gasteiger partial charge in [-0.1, -0.05) is 206 Å². The molecule has 0 aliphatic carbocycles. The Bertz CT molecular complexity index is 755. The van der Waals surface area contributed by atoms with Crippen LogP contribution in [0.1, 0.15) is 232 Å². The van der Waals surface area contributed by atoms with Gasteiger partial charge in [-0.05, 0) is 63.2 Å². The molecule has 1 aliphatic rings. The molecule has 8 heteroatoms. The zero-order chi connectivity index (χ0) is 40.3. The van der Waals surface area contributed by atoms with Gasteiger partial charge in [0.2, 0.25) is 0 Å². The third-order valence-electron chi connectivity index (χ3n) is 12.0. The molecule has 332 valence electrons. The maximum Gasteiger partial charge on any atom is 0.166 e. The summed E-state index contributed by atoms with van der Waals surface area (Å²) in [5, 5.41) is 15.4. The van der Waals surface area contributed by atoms with E-state index in [4.69, 9.17) is 24.4 Å². The quantitative estimate of drug-likeness (QED) is 0.0359. The molecule has 0 aromatic heterocycles. The first kappa shape index (κ1) is 53.3. The van der Waals surface area contributed by atoms with Gasteiger partial charge in [0, 0.05) is 52.4 Å². The summed E-state index contributed by atoms with van der Waals surface area (Å²) in [6, 6.07) is 0. The summed E-state index contributed by atoms with van der Waals surface area (Å²) < 4.78 is 0. The van der Waals surface area contributed by atoms with Gasteiger partial charge < -0.3 is 31.1 Å². The van der Waals surface area contributed by atoms with Crippen LogP contribution in [-0.2, 0) is 0 Å². The maximum atomic E-state index is 5.53. The summed E-state index contributed by atoms with van der Waals surface area (Å²) in [6.45, 7) is 15.5. The Morgan fingerprint density at radius 2 is 0.500 bits per heavy atom. The number of thiocarbonyl (C=S) groups is 2. The Balaban J connectivity index is 1.78. The summed E-state index contributed by atoms with van der Waals surface area (Å²) in [6.07, 6.45) is 47.5. The molecule has 0 aromatic rings. The van der Waals surface area contributed by atoms with Crippen LogP contribution < -0.4 is 21.3 Å². The second-order valence-corrected chi connectivity index (χ2v) is 18.2. The molecular formula is C48H98N6S2.